The predicted octanol–water partition coefficient (Wildman–Crippen LogP) is 2.44. The molecule has 1 aliphatic rings. The number of primary amides is 1. The van der Waals surface area contributed by atoms with Crippen LogP contribution in [0.1, 0.15) is 40.7 Å². The predicted molar refractivity (Wildman–Crippen MR) is 100 cm³/mol. The van der Waals surface area contributed by atoms with E-state index in [4.69, 9.17) is 10.2 Å². The van der Waals surface area contributed by atoms with Gasteiger partial charge in [0.2, 0.25) is 5.91 Å². The van der Waals surface area contributed by atoms with E-state index in [1.165, 1.54) is 0 Å². The first kappa shape index (κ1) is 17.3. The molecule has 1 fully saturated rings. The number of para-hydroxylation sites is 1. The summed E-state index contributed by atoms with van der Waals surface area (Å²) in [4.78, 5) is 30.7. The summed E-state index contributed by atoms with van der Waals surface area (Å²) < 4.78 is 7.53. The Hall–Kier alpha value is -3.09. The summed E-state index contributed by atoms with van der Waals surface area (Å²) in [7, 11) is 0. The Kier molecular flexibility index (Phi) is 4.43. The largest absolute Gasteiger partial charge is 0.461 e. The van der Waals surface area contributed by atoms with Crippen molar-refractivity contribution in [2.75, 3.05) is 13.1 Å². The molecule has 0 unspecified atom stereocenters. The SMILES string of the molecule is Cc1cc2cccc(C(=O)N3CCC[C@H](c4nccn4CC(N)=O)C3)c2o1. The molecule has 0 radical (unpaired) electrons. The van der Waals surface area contributed by atoms with Gasteiger partial charge in [0.25, 0.3) is 5.91 Å². The quantitative estimate of drug-likeness (QED) is 0.767. The van der Waals surface area contributed by atoms with Crippen molar-refractivity contribution in [1.29, 1.82) is 0 Å². The van der Waals surface area contributed by atoms with E-state index in [0.29, 0.717) is 24.2 Å². The molecule has 3 heterocycles. The van der Waals surface area contributed by atoms with Gasteiger partial charge in [-0.3, -0.25) is 9.59 Å². The number of fused-ring (bicyclic) bond motifs is 1. The number of aromatic nitrogens is 2. The Bertz CT molecular complexity index is 1000. The molecule has 0 aliphatic carbocycles. The number of likely N-dealkylation sites (tertiary alicyclic amines) is 1. The summed E-state index contributed by atoms with van der Waals surface area (Å²) in [6, 6.07) is 7.57. The molecule has 2 amide bonds. The molecule has 4 rings (SSSR count). The fourth-order valence-electron chi connectivity index (χ4n) is 3.89. The highest BCUT2D eigenvalue weighted by molar-refractivity contribution is 6.05. The van der Waals surface area contributed by atoms with Gasteiger partial charge in [-0.05, 0) is 31.9 Å². The molecular formula is C20H22N4O3. The number of nitrogens with zero attached hydrogens (tertiary/aromatic N) is 3. The van der Waals surface area contributed by atoms with Crippen molar-refractivity contribution < 1.29 is 14.0 Å². The van der Waals surface area contributed by atoms with Gasteiger partial charge in [0.05, 0.1) is 5.56 Å². The van der Waals surface area contributed by atoms with E-state index >= 15 is 0 Å². The number of carbonyl (C=O) groups excluding carboxylic acids is 2. The third-order valence-electron chi connectivity index (χ3n) is 5.05. The third-order valence-corrected chi connectivity index (χ3v) is 5.05. The monoisotopic (exact) mass is 366 g/mol. The maximum absolute atomic E-state index is 13.2. The van der Waals surface area contributed by atoms with Crippen molar-refractivity contribution in [1.82, 2.24) is 14.5 Å². The minimum Gasteiger partial charge on any atom is -0.461 e. The number of hydrogen-bond acceptors (Lipinski definition) is 4. The number of carbonyl (C=O) groups is 2. The molecular weight excluding hydrogens is 344 g/mol. The number of furan rings is 1. The average Bonchev–Trinajstić information content (AvgIpc) is 3.25. The average molecular weight is 366 g/mol. The molecule has 2 N–H and O–H groups in total. The van der Waals surface area contributed by atoms with Crippen molar-refractivity contribution in [2.45, 2.75) is 32.2 Å². The van der Waals surface area contributed by atoms with Crippen molar-refractivity contribution in [3.05, 3.63) is 53.8 Å². The zero-order valence-corrected chi connectivity index (χ0v) is 15.2. The van der Waals surface area contributed by atoms with Crippen LogP contribution in [0, 0.1) is 6.92 Å². The first-order chi connectivity index (χ1) is 13.0. The van der Waals surface area contributed by atoms with Gasteiger partial charge in [-0.15, -0.1) is 0 Å². The molecule has 1 aliphatic heterocycles. The molecule has 1 atom stereocenters. The molecule has 7 heteroatoms. The lowest BCUT2D eigenvalue weighted by Gasteiger charge is -2.32. The minimum absolute atomic E-state index is 0.0346. The highest BCUT2D eigenvalue weighted by Crippen LogP contribution is 2.29. The van der Waals surface area contributed by atoms with Crippen LogP contribution in [-0.2, 0) is 11.3 Å². The van der Waals surface area contributed by atoms with Crippen LogP contribution in [0.2, 0.25) is 0 Å². The fourth-order valence-corrected chi connectivity index (χ4v) is 3.89. The highest BCUT2D eigenvalue weighted by atomic mass is 16.3. The summed E-state index contributed by atoms with van der Waals surface area (Å²) in [5, 5.41) is 0.934. The molecule has 27 heavy (non-hydrogen) atoms. The summed E-state index contributed by atoms with van der Waals surface area (Å²) >= 11 is 0. The molecule has 2 aromatic heterocycles. The fraction of sp³-hybridized carbons (Fsp3) is 0.350. The molecule has 0 bridgehead atoms. The lowest BCUT2D eigenvalue weighted by molar-refractivity contribution is -0.118. The first-order valence-corrected chi connectivity index (χ1v) is 9.10. The topological polar surface area (TPSA) is 94.4 Å². The van der Waals surface area contributed by atoms with Crippen molar-refractivity contribution >= 4 is 22.8 Å². The summed E-state index contributed by atoms with van der Waals surface area (Å²) in [5.74, 6) is 1.23. The Labute approximate surface area is 156 Å². The second-order valence-electron chi connectivity index (χ2n) is 7.05. The number of aryl methyl sites for hydroxylation is 1. The van der Waals surface area contributed by atoms with Gasteiger partial charge >= 0.3 is 0 Å². The molecule has 3 aromatic rings. The van der Waals surface area contributed by atoms with Crippen LogP contribution >= 0.6 is 0 Å². The van der Waals surface area contributed by atoms with Crippen LogP contribution in [0.4, 0.5) is 0 Å². The van der Waals surface area contributed by atoms with Gasteiger partial charge in [0.15, 0.2) is 0 Å². The lowest BCUT2D eigenvalue weighted by Crippen LogP contribution is -2.40. The van der Waals surface area contributed by atoms with Crippen LogP contribution in [0.5, 0.6) is 0 Å². The van der Waals surface area contributed by atoms with Gasteiger partial charge < -0.3 is 19.6 Å². The number of piperidine rings is 1. The van der Waals surface area contributed by atoms with Gasteiger partial charge in [0.1, 0.15) is 23.7 Å². The van der Waals surface area contributed by atoms with E-state index < -0.39 is 5.91 Å². The van der Waals surface area contributed by atoms with Crippen molar-refractivity contribution in [3.8, 4) is 0 Å². The number of rotatable bonds is 4. The van der Waals surface area contributed by atoms with Gasteiger partial charge in [-0.2, -0.15) is 0 Å². The number of imidazole rings is 1. The minimum atomic E-state index is -0.405. The van der Waals surface area contributed by atoms with E-state index in [2.05, 4.69) is 4.98 Å². The molecule has 1 saturated heterocycles. The summed E-state index contributed by atoms with van der Waals surface area (Å²) in [6.07, 6.45) is 5.23. The normalized spacial score (nSPS) is 17.4. The first-order valence-electron chi connectivity index (χ1n) is 9.10. The molecule has 1 aromatic carbocycles. The zero-order chi connectivity index (χ0) is 19.0. The highest BCUT2D eigenvalue weighted by Gasteiger charge is 2.29. The Morgan fingerprint density at radius 1 is 1.37 bits per heavy atom. The lowest BCUT2D eigenvalue weighted by atomic mass is 9.96. The molecule has 140 valence electrons. The number of amides is 2. The van der Waals surface area contributed by atoms with Gasteiger partial charge in [-0.25, -0.2) is 4.98 Å². The van der Waals surface area contributed by atoms with Gasteiger partial charge in [0, 0.05) is 36.8 Å². The molecule has 7 nitrogen and oxygen atoms in total. The standard InChI is InChI=1S/C20H22N4O3/c1-13-10-14-4-2-6-16(18(14)27-13)20(26)24-8-3-5-15(11-24)19-22-7-9-23(19)12-17(21)25/h2,4,6-7,9-10,15H,3,5,8,11-12H2,1H3,(H2,21,25)/t15-/m0/s1. The molecule has 0 saturated carbocycles. The van der Waals surface area contributed by atoms with E-state index in [9.17, 15) is 9.59 Å². The second-order valence-corrected chi connectivity index (χ2v) is 7.05. The number of hydrogen-bond donors (Lipinski definition) is 1. The maximum Gasteiger partial charge on any atom is 0.257 e. The summed E-state index contributed by atoms with van der Waals surface area (Å²) in [5.41, 5.74) is 6.55. The Balaban J connectivity index is 1.59. The van der Waals surface area contributed by atoms with Crippen LogP contribution in [0.25, 0.3) is 11.0 Å². The van der Waals surface area contributed by atoms with Crippen LogP contribution in [-0.4, -0.2) is 39.4 Å². The third kappa shape index (κ3) is 3.32. The summed E-state index contributed by atoms with van der Waals surface area (Å²) in [6.45, 7) is 3.24. The van der Waals surface area contributed by atoms with E-state index in [1.807, 2.05) is 36.1 Å². The second kappa shape index (κ2) is 6.90. The van der Waals surface area contributed by atoms with Gasteiger partial charge in [-0.1, -0.05) is 12.1 Å². The van der Waals surface area contributed by atoms with E-state index in [0.717, 1.165) is 29.8 Å². The van der Waals surface area contributed by atoms with E-state index in [1.54, 1.807) is 17.0 Å². The maximum atomic E-state index is 13.2. The molecule has 0 spiro atoms. The van der Waals surface area contributed by atoms with Crippen LogP contribution in [0.3, 0.4) is 0 Å². The van der Waals surface area contributed by atoms with Crippen molar-refractivity contribution in [3.63, 3.8) is 0 Å². The van der Waals surface area contributed by atoms with Crippen LogP contribution < -0.4 is 5.73 Å². The van der Waals surface area contributed by atoms with Crippen molar-refractivity contribution in [2.24, 2.45) is 5.73 Å². The van der Waals surface area contributed by atoms with Crippen LogP contribution in [0.15, 0.2) is 41.1 Å². The smallest absolute Gasteiger partial charge is 0.257 e. The Morgan fingerprint density at radius 2 is 2.22 bits per heavy atom. The Morgan fingerprint density at radius 3 is 3.04 bits per heavy atom. The van der Waals surface area contributed by atoms with E-state index in [-0.39, 0.29) is 18.4 Å². The number of nitrogens with two attached hydrogens (primary N) is 1. The zero-order valence-electron chi connectivity index (χ0n) is 15.2. The number of benzene rings is 1.